The quantitative estimate of drug-likeness (QED) is 0.751. The van der Waals surface area contributed by atoms with Crippen LogP contribution in [-0.4, -0.2) is 52.1 Å². The summed E-state index contributed by atoms with van der Waals surface area (Å²) in [6, 6.07) is 0. The van der Waals surface area contributed by atoms with Crippen LogP contribution < -0.4 is 0 Å². The van der Waals surface area contributed by atoms with Crippen molar-refractivity contribution in [1.82, 2.24) is 0 Å². The summed E-state index contributed by atoms with van der Waals surface area (Å²) >= 11 is -0.667. The second-order valence-electron chi connectivity index (χ2n) is 5.67. The second kappa shape index (κ2) is 11.1. The first kappa shape index (κ1) is 19.3. The first-order valence-electron chi connectivity index (χ1n) is 6.05. The van der Waals surface area contributed by atoms with Crippen LogP contribution in [0.5, 0.6) is 0 Å². The molecule has 2 radical (unpaired) electrons. The van der Waals surface area contributed by atoms with Gasteiger partial charge in [-0.3, -0.25) is 0 Å². The van der Waals surface area contributed by atoms with Crippen LogP contribution in [0, 0.1) is 5.41 Å². The Labute approximate surface area is 111 Å². The van der Waals surface area contributed by atoms with Gasteiger partial charge in [0.25, 0.3) is 0 Å². The van der Waals surface area contributed by atoms with Gasteiger partial charge in [0.15, 0.2) is 0 Å². The van der Waals surface area contributed by atoms with Crippen LogP contribution in [0.4, 0.5) is 0 Å². The molecular formula is C12H30Ge2O2. The second-order valence-corrected chi connectivity index (χ2v) is 18.3. The molecule has 4 heteroatoms. The predicted molar refractivity (Wildman–Crippen MR) is 77.1 cm³/mol. The van der Waals surface area contributed by atoms with E-state index in [2.05, 4.69) is 34.5 Å². The molecule has 0 bridgehead atoms. The third-order valence-electron chi connectivity index (χ3n) is 2.09. The molecule has 1 aliphatic rings. The van der Waals surface area contributed by atoms with E-state index in [9.17, 15) is 0 Å². The van der Waals surface area contributed by atoms with Crippen molar-refractivity contribution in [2.24, 2.45) is 5.41 Å². The fourth-order valence-corrected chi connectivity index (χ4v) is 1.04. The first-order valence-corrected chi connectivity index (χ1v) is 18.6. The molecule has 1 rings (SSSR count). The molecular weight excluding hydrogens is 321 g/mol. The van der Waals surface area contributed by atoms with E-state index in [1.807, 2.05) is 0 Å². The fraction of sp³-hybridized carbons (Fsp3) is 1.00. The Balaban J connectivity index is 0. The summed E-state index contributed by atoms with van der Waals surface area (Å²) in [5.74, 6) is 14.0. The summed E-state index contributed by atoms with van der Waals surface area (Å²) in [4.78, 5) is 0. The molecule has 0 aromatic carbocycles. The summed E-state index contributed by atoms with van der Waals surface area (Å²) in [7, 11) is 0. The number of hydrogen-bond acceptors (Lipinski definition) is 2. The average molecular weight is 352 g/mol. The molecule has 0 aromatic rings. The molecule has 0 aliphatic heterocycles. The number of aliphatic hydroxyl groups is 2. The van der Waals surface area contributed by atoms with Crippen molar-refractivity contribution in [3.8, 4) is 0 Å². The van der Waals surface area contributed by atoms with Gasteiger partial charge in [0, 0.05) is 5.41 Å². The van der Waals surface area contributed by atoms with Gasteiger partial charge in [-0.2, -0.15) is 0 Å². The third-order valence-corrected chi connectivity index (χ3v) is 2.09. The van der Waals surface area contributed by atoms with Gasteiger partial charge in [-0.15, -0.1) is 0 Å². The zero-order valence-corrected chi connectivity index (χ0v) is 16.1. The molecule has 0 aromatic heterocycles. The van der Waals surface area contributed by atoms with Gasteiger partial charge in [0.2, 0.25) is 0 Å². The summed E-state index contributed by atoms with van der Waals surface area (Å²) < 4.78 is 0. The van der Waals surface area contributed by atoms with Crippen molar-refractivity contribution in [2.75, 3.05) is 13.2 Å². The molecule has 16 heavy (non-hydrogen) atoms. The van der Waals surface area contributed by atoms with E-state index in [1.165, 1.54) is 6.42 Å². The van der Waals surface area contributed by atoms with Crippen LogP contribution in [0.3, 0.4) is 0 Å². The number of rotatable bonds is 2. The molecule has 1 aliphatic carbocycles. The van der Waals surface area contributed by atoms with Gasteiger partial charge in [0.1, 0.15) is 0 Å². The molecule has 0 spiro atoms. The molecule has 0 amide bonds. The SMILES string of the molecule is OCC1(CO)CCC1.[CH3][Ge]([CH3])[CH3].[CH3][Ge]([CH3])[CH3]. The van der Waals surface area contributed by atoms with Crippen molar-refractivity contribution >= 4 is 28.7 Å². The Kier molecular flexibility index (Phi) is 13.4. The van der Waals surface area contributed by atoms with Gasteiger partial charge in [-0.25, -0.2) is 0 Å². The molecule has 1 saturated carbocycles. The van der Waals surface area contributed by atoms with Crippen LogP contribution in [0.15, 0.2) is 0 Å². The first-order chi connectivity index (χ1) is 7.29. The van der Waals surface area contributed by atoms with Crippen LogP contribution in [0.25, 0.3) is 0 Å². The average Bonchev–Trinajstić information content (AvgIpc) is 2.01. The van der Waals surface area contributed by atoms with Gasteiger partial charge in [0.05, 0.1) is 13.2 Å². The molecule has 2 N–H and O–H groups in total. The Hall–Kier alpha value is 1.01. The Morgan fingerprint density at radius 1 is 0.812 bits per heavy atom. The summed E-state index contributed by atoms with van der Waals surface area (Å²) in [5.41, 5.74) is -0.0833. The van der Waals surface area contributed by atoms with E-state index >= 15 is 0 Å². The van der Waals surface area contributed by atoms with Gasteiger partial charge in [-0.05, 0) is 12.8 Å². The topological polar surface area (TPSA) is 40.5 Å². The maximum atomic E-state index is 8.68. The van der Waals surface area contributed by atoms with Crippen LogP contribution in [0.2, 0.25) is 34.5 Å². The van der Waals surface area contributed by atoms with Crippen molar-refractivity contribution < 1.29 is 10.2 Å². The fourth-order valence-electron chi connectivity index (χ4n) is 1.04. The Morgan fingerprint density at radius 2 is 1.06 bits per heavy atom. The summed E-state index contributed by atoms with van der Waals surface area (Å²) in [6.45, 7) is 0.312. The zero-order valence-electron chi connectivity index (χ0n) is 11.9. The monoisotopic (exact) mass is 354 g/mol. The van der Waals surface area contributed by atoms with E-state index in [0.717, 1.165) is 12.8 Å². The standard InChI is InChI=1S/C6H12O2.2C3H9Ge/c7-4-6(5-8)2-1-3-6;2*1-4(2)3/h7-8H,1-5H2;2*1-3H3. The van der Waals surface area contributed by atoms with Crippen molar-refractivity contribution in [1.29, 1.82) is 0 Å². The van der Waals surface area contributed by atoms with Crippen LogP contribution >= 0.6 is 0 Å². The Bertz CT molecular complexity index is 121. The molecule has 2 nitrogen and oxygen atoms in total. The summed E-state index contributed by atoms with van der Waals surface area (Å²) in [6.07, 6.45) is 3.17. The minimum atomic E-state index is -0.333. The molecule has 0 unspecified atom stereocenters. The zero-order chi connectivity index (χ0) is 13.2. The van der Waals surface area contributed by atoms with Gasteiger partial charge < -0.3 is 10.2 Å². The van der Waals surface area contributed by atoms with E-state index in [-0.39, 0.29) is 47.3 Å². The van der Waals surface area contributed by atoms with Gasteiger partial charge in [-0.1, -0.05) is 6.42 Å². The third kappa shape index (κ3) is 13.1. The van der Waals surface area contributed by atoms with Crippen molar-refractivity contribution in [3.63, 3.8) is 0 Å². The van der Waals surface area contributed by atoms with Crippen LogP contribution in [0.1, 0.15) is 19.3 Å². The van der Waals surface area contributed by atoms with E-state index < -0.39 is 0 Å². The Morgan fingerprint density at radius 3 is 1.06 bits per heavy atom. The van der Waals surface area contributed by atoms with E-state index in [0.29, 0.717) is 0 Å². The number of hydrogen-bond donors (Lipinski definition) is 2. The molecule has 0 atom stereocenters. The van der Waals surface area contributed by atoms with Crippen molar-refractivity contribution in [3.05, 3.63) is 0 Å². The van der Waals surface area contributed by atoms with Crippen molar-refractivity contribution in [2.45, 2.75) is 53.8 Å². The van der Waals surface area contributed by atoms with E-state index in [4.69, 9.17) is 10.2 Å². The molecule has 0 heterocycles. The maximum absolute atomic E-state index is 8.68. The summed E-state index contributed by atoms with van der Waals surface area (Å²) in [5, 5.41) is 17.4. The molecule has 1 fully saturated rings. The minimum absolute atomic E-state index is 0.0833. The predicted octanol–water partition coefficient (Wildman–Crippen LogP) is 2.88. The van der Waals surface area contributed by atoms with E-state index in [1.54, 1.807) is 0 Å². The molecule has 98 valence electrons. The number of aliphatic hydroxyl groups excluding tert-OH is 2. The molecule has 0 saturated heterocycles. The van der Waals surface area contributed by atoms with Gasteiger partial charge >= 0.3 is 63.2 Å². The van der Waals surface area contributed by atoms with Crippen LogP contribution in [-0.2, 0) is 0 Å². The normalized spacial score (nSPS) is 16.9.